The fourth-order valence-electron chi connectivity index (χ4n) is 1.41. The molecule has 0 aromatic carbocycles. The molecule has 0 aliphatic heterocycles. The van der Waals surface area contributed by atoms with Crippen molar-refractivity contribution in [2.75, 3.05) is 5.73 Å². The molecule has 6 heteroatoms. The first-order chi connectivity index (χ1) is 7.88. The number of nitrogens with two attached hydrogens (primary N) is 1. The molecular formula is C11H14BrN5. The van der Waals surface area contributed by atoms with Crippen molar-refractivity contribution in [1.82, 2.24) is 19.7 Å². The number of halogens is 1. The van der Waals surface area contributed by atoms with E-state index in [1.807, 2.05) is 18.3 Å². The lowest BCUT2D eigenvalue weighted by molar-refractivity contribution is 0.586. The molecule has 0 radical (unpaired) electrons. The van der Waals surface area contributed by atoms with E-state index in [1.54, 1.807) is 4.68 Å². The second kappa shape index (κ2) is 4.10. The molecule has 0 aliphatic rings. The standard InChI is InChI=1S/C11H14BrN5/c1-11(2,3)7-4-5-8(14-6-7)17-9(12)15-10(13)16-17/h4-6H,1-3H3,(H2,13,16). The lowest BCUT2D eigenvalue weighted by Crippen LogP contribution is -2.12. The Morgan fingerprint density at radius 2 is 2.00 bits per heavy atom. The van der Waals surface area contributed by atoms with Gasteiger partial charge in [-0.15, -0.1) is 5.10 Å². The van der Waals surface area contributed by atoms with Crippen molar-refractivity contribution in [3.8, 4) is 5.82 Å². The highest BCUT2D eigenvalue weighted by Gasteiger charge is 2.15. The van der Waals surface area contributed by atoms with Crippen LogP contribution in [0.5, 0.6) is 0 Å². The van der Waals surface area contributed by atoms with Gasteiger partial charge in [0.1, 0.15) is 0 Å². The van der Waals surface area contributed by atoms with Crippen LogP contribution >= 0.6 is 15.9 Å². The lowest BCUT2D eigenvalue weighted by Gasteiger charge is -2.18. The first-order valence-electron chi connectivity index (χ1n) is 5.23. The van der Waals surface area contributed by atoms with E-state index in [1.165, 1.54) is 5.56 Å². The van der Waals surface area contributed by atoms with E-state index in [9.17, 15) is 0 Å². The van der Waals surface area contributed by atoms with Gasteiger partial charge in [0.05, 0.1) is 0 Å². The first-order valence-corrected chi connectivity index (χ1v) is 6.02. The Bertz CT molecular complexity index is 524. The van der Waals surface area contributed by atoms with Crippen LogP contribution in [0.3, 0.4) is 0 Å². The molecule has 0 saturated heterocycles. The monoisotopic (exact) mass is 295 g/mol. The van der Waals surface area contributed by atoms with Crippen LogP contribution in [0.1, 0.15) is 26.3 Å². The Morgan fingerprint density at radius 3 is 2.41 bits per heavy atom. The molecule has 0 aliphatic carbocycles. The molecule has 90 valence electrons. The Balaban J connectivity index is 2.39. The van der Waals surface area contributed by atoms with E-state index < -0.39 is 0 Å². The number of aromatic nitrogens is 4. The molecule has 0 unspecified atom stereocenters. The number of nitrogen functional groups attached to an aromatic ring is 1. The Hall–Kier alpha value is -1.43. The summed E-state index contributed by atoms with van der Waals surface area (Å²) in [6.07, 6.45) is 1.85. The Labute approximate surface area is 108 Å². The van der Waals surface area contributed by atoms with Gasteiger partial charge in [0.2, 0.25) is 10.7 Å². The molecule has 0 bridgehead atoms. The second-order valence-electron chi connectivity index (χ2n) is 4.81. The molecule has 2 rings (SSSR count). The van der Waals surface area contributed by atoms with E-state index >= 15 is 0 Å². The zero-order chi connectivity index (χ0) is 12.6. The average Bonchev–Trinajstić information content (AvgIpc) is 2.57. The predicted molar refractivity (Wildman–Crippen MR) is 70.0 cm³/mol. The number of hydrogen-bond donors (Lipinski definition) is 1. The molecule has 2 heterocycles. The summed E-state index contributed by atoms with van der Waals surface area (Å²) in [6.45, 7) is 6.44. The van der Waals surface area contributed by atoms with Gasteiger partial charge in [0, 0.05) is 6.20 Å². The average molecular weight is 296 g/mol. The molecule has 2 N–H and O–H groups in total. The van der Waals surface area contributed by atoms with E-state index in [0.29, 0.717) is 10.6 Å². The Kier molecular flexibility index (Phi) is 2.91. The molecule has 17 heavy (non-hydrogen) atoms. The number of nitrogens with zero attached hydrogens (tertiary/aromatic N) is 4. The maximum atomic E-state index is 5.52. The molecular weight excluding hydrogens is 282 g/mol. The minimum Gasteiger partial charge on any atom is -0.366 e. The smallest absolute Gasteiger partial charge is 0.240 e. The van der Waals surface area contributed by atoms with Crippen LogP contribution in [0.4, 0.5) is 5.95 Å². The number of anilines is 1. The van der Waals surface area contributed by atoms with Gasteiger partial charge in [-0.3, -0.25) is 0 Å². The summed E-state index contributed by atoms with van der Waals surface area (Å²) in [5.74, 6) is 0.910. The van der Waals surface area contributed by atoms with Crippen molar-refractivity contribution in [2.45, 2.75) is 26.2 Å². The van der Waals surface area contributed by atoms with Gasteiger partial charge in [0.25, 0.3) is 0 Å². The van der Waals surface area contributed by atoms with Crippen LogP contribution in [-0.2, 0) is 5.41 Å². The van der Waals surface area contributed by atoms with Crippen molar-refractivity contribution >= 4 is 21.9 Å². The van der Waals surface area contributed by atoms with Gasteiger partial charge in [-0.2, -0.15) is 9.67 Å². The molecule has 0 atom stereocenters. The SMILES string of the molecule is CC(C)(C)c1ccc(-n2nc(N)nc2Br)nc1. The van der Waals surface area contributed by atoms with Gasteiger partial charge < -0.3 is 5.73 Å². The zero-order valence-electron chi connectivity index (χ0n) is 9.98. The molecule has 2 aromatic heterocycles. The second-order valence-corrected chi connectivity index (χ2v) is 5.52. The highest BCUT2D eigenvalue weighted by Crippen LogP contribution is 2.22. The molecule has 0 saturated carbocycles. The van der Waals surface area contributed by atoms with E-state index in [4.69, 9.17) is 5.73 Å². The van der Waals surface area contributed by atoms with Gasteiger partial charge in [-0.25, -0.2) is 4.98 Å². The first kappa shape index (κ1) is 12.0. The van der Waals surface area contributed by atoms with Crippen LogP contribution in [0.25, 0.3) is 5.82 Å². The van der Waals surface area contributed by atoms with E-state index in [2.05, 4.69) is 51.8 Å². The molecule has 0 spiro atoms. The summed E-state index contributed by atoms with van der Waals surface area (Å²) in [7, 11) is 0. The van der Waals surface area contributed by atoms with Crippen LogP contribution in [0.15, 0.2) is 23.1 Å². The fourth-order valence-corrected chi connectivity index (χ4v) is 1.85. The lowest BCUT2D eigenvalue weighted by atomic mass is 9.88. The van der Waals surface area contributed by atoms with Crippen LogP contribution in [0, 0.1) is 0 Å². The topological polar surface area (TPSA) is 69.6 Å². The molecule has 0 fully saturated rings. The van der Waals surface area contributed by atoms with Crippen LogP contribution < -0.4 is 5.73 Å². The van der Waals surface area contributed by atoms with Crippen LogP contribution in [0.2, 0.25) is 0 Å². The third kappa shape index (κ3) is 2.46. The fraction of sp³-hybridized carbons (Fsp3) is 0.364. The number of hydrogen-bond acceptors (Lipinski definition) is 4. The highest BCUT2D eigenvalue weighted by molar-refractivity contribution is 9.10. The van der Waals surface area contributed by atoms with Crippen molar-refractivity contribution < 1.29 is 0 Å². The summed E-state index contributed by atoms with van der Waals surface area (Å²) in [6, 6.07) is 3.94. The van der Waals surface area contributed by atoms with E-state index in [0.717, 1.165) is 0 Å². The zero-order valence-corrected chi connectivity index (χ0v) is 11.6. The minimum atomic E-state index is 0.0875. The third-order valence-electron chi connectivity index (χ3n) is 2.41. The van der Waals surface area contributed by atoms with Gasteiger partial charge in [0.15, 0.2) is 5.82 Å². The summed E-state index contributed by atoms with van der Waals surface area (Å²) in [4.78, 5) is 8.33. The van der Waals surface area contributed by atoms with Crippen molar-refractivity contribution in [2.24, 2.45) is 0 Å². The maximum absolute atomic E-state index is 5.52. The van der Waals surface area contributed by atoms with Gasteiger partial charge in [-0.1, -0.05) is 26.8 Å². The quantitative estimate of drug-likeness (QED) is 0.876. The third-order valence-corrected chi connectivity index (χ3v) is 2.93. The van der Waals surface area contributed by atoms with Crippen LogP contribution in [-0.4, -0.2) is 19.7 Å². The molecule has 0 amide bonds. The largest absolute Gasteiger partial charge is 0.366 e. The van der Waals surface area contributed by atoms with Crippen molar-refractivity contribution in [3.63, 3.8) is 0 Å². The summed E-state index contributed by atoms with van der Waals surface area (Å²) in [5.41, 5.74) is 6.77. The minimum absolute atomic E-state index is 0.0875. The normalized spacial score (nSPS) is 11.8. The maximum Gasteiger partial charge on any atom is 0.240 e. The van der Waals surface area contributed by atoms with Gasteiger partial charge >= 0.3 is 0 Å². The Morgan fingerprint density at radius 1 is 1.29 bits per heavy atom. The number of rotatable bonds is 1. The predicted octanol–water partition coefficient (Wildman–Crippen LogP) is 2.30. The highest BCUT2D eigenvalue weighted by atomic mass is 79.9. The summed E-state index contributed by atoms with van der Waals surface area (Å²) < 4.78 is 2.10. The summed E-state index contributed by atoms with van der Waals surface area (Å²) in [5, 5.41) is 4.05. The van der Waals surface area contributed by atoms with E-state index in [-0.39, 0.29) is 11.4 Å². The van der Waals surface area contributed by atoms with Crippen molar-refractivity contribution in [1.29, 1.82) is 0 Å². The van der Waals surface area contributed by atoms with Crippen molar-refractivity contribution in [3.05, 3.63) is 28.6 Å². The summed E-state index contributed by atoms with van der Waals surface area (Å²) >= 11 is 3.28. The molecule has 2 aromatic rings. The number of pyridine rings is 1. The molecule has 5 nitrogen and oxygen atoms in total. The van der Waals surface area contributed by atoms with Gasteiger partial charge in [-0.05, 0) is 33.0 Å².